The third-order valence-electron chi connectivity index (χ3n) is 3.96. The van der Waals surface area contributed by atoms with Gasteiger partial charge in [0.05, 0.1) is 0 Å². The van der Waals surface area contributed by atoms with E-state index in [-0.39, 0.29) is 24.0 Å². The quantitative estimate of drug-likeness (QED) is 0.791. The molecule has 1 aliphatic carbocycles. The third kappa shape index (κ3) is 4.77. The van der Waals surface area contributed by atoms with Crippen LogP contribution in [0.4, 0.5) is 18.0 Å². The van der Waals surface area contributed by atoms with Crippen molar-refractivity contribution < 1.29 is 32.6 Å². The molecule has 2 atom stereocenters. The van der Waals surface area contributed by atoms with E-state index in [1.54, 1.807) is 20.8 Å². The zero-order chi connectivity index (χ0) is 19.6. The van der Waals surface area contributed by atoms with Crippen LogP contribution < -0.4 is 5.32 Å². The number of rotatable bonds is 3. The summed E-state index contributed by atoms with van der Waals surface area (Å²) in [4.78, 5) is 23.3. The molecule has 0 fully saturated rings. The lowest BCUT2D eigenvalue weighted by Gasteiger charge is -2.32. The highest BCUT2D eigenvalue weighted by Crippen LogP contribution is 2.35. The summed E-state index contributed by atoms with van der Waals surface area (Å²) in [7, 11) is 0. The second-order valence-corrected chi connectivity index (χ2v) is 7.12. The topological polar surface area (TPSA) is 75.6 Å². The van der Waals surface area contributed by atoms with E-state index in [9.17, 15) is 27.9 Å². The minimum absolute atomic E-state index is 0.0457. The standard InChI is InChI=1S/C18H20F3NO4/c1-18(2,3)26-17(25)22-15-6-9(16(23)24)4-5-10(15)11-7-13(20)14(21)8-12(11)19/h4,7-8,10,15H,5-6H2,1-3H3,(H,22,25)(H,23,24)/t10-,15+/m1/s1. The minimum Gasteiger partial charge on any atom is -0.478 e. The number of hydrogen-bond donors (Lipinski definition) is 2. The van der Waals surface area contributed by atoms with Crippen molar-refractivity contribution >= 4 is 12.1 Å². The minimum atomic E-state index is -1.32. The van der Waals surface area contributed by atoms with Crippen molar-refractivity contribution in [2.24, 2.45) is 0 Å². The predicted octanol–water partition coefficient (Wildman–Crippen LogP) is 3.89. The van der Waals surface area contributed by atoms with E-state index in [0.717, 1.165) is 6.07 Å². The summed E-state index contributed by atoms with van der Waals surface area (Å²) in [6.45, 7) is 4.97. The van der Waals surface area contributed by atoms with Gasteiger partial charge in [0.1, 0.15) is 11.4 Å². The SMILES string of the molecule is CC(C)(C)OC(=O)N[C@H]1CC(C(=O)O)=CC[C@@H]1c1cc(F)c(F)cc1F. The van der Waals surface area contributed by atoms with Crippen LogP contribution in [0.25, 0.3) is 0 Å². The smallest absolute Gasteiger partial charge is 0.407 e. The van der Waals surface area contributed by atoms with Crippen LogP contribution in [0.5, 0.6) is 0 Å². The summed E-state index contributed by atoms with van der Waals surface area (Å²) < 4.78 is 46.1. The Kier molecular flexibility index (Phi) is 5.63. The van der Waals surface area contributed by atoms with E-state index in [1.165, 1.54) is 6.08 Å². The Bertz CT molecular complexity index is 756. The molecule has 0 saturated carbocycles. The number of benzene rings is 1. The van der Waals surface area contributed by atoms with Gasteiger partial charge in [0.25, 0.3) is 0 Å². The van der Waals surface area contributed by atoms with Gasteiger partial charge in [-0.25, -0.2) is 22.8 Å². The highest BCUT2D eigenvalue weighted by molar-refractivity contribution is 5.87. The van der Waals surface area contributed by atoms with Gasteiger partial charge in [0.15, 0.2) is 11.6 Å². The summed E-state index contributed by atoms with van der Waals surface area (Å²) >= 11 is 0. The molecule has 142 valence electrons. The number of ether oxygens (including phenoxy) is 1. The van der Waals surface area contributed by atoms with Gasteiger partial charge < -0.3 is 15.2 Å². The average Bonchev–Trinajstić information content (AvgIpc) is 2.49. The maximum atomic E-state index is 14.2. The van der Waals surface area contributed by atoms with Crippen LogP contribution in [-0.4, -0.2) is 28.8 Å². The lowest BCUT2D eigenvalue weighted by atomic mass is 9.80. The van der Waals surface area contributed by atoms with Crippen molar-refractivity contribution in [1.82, 2.24) is 5.32 Å². The van der Waals surface area contributed by atoms with Gasteiger partial charge in [-0.15, -0.1) is 0 Å². The zero-order valence-corrected chi connectivity index (χ0v) is 14.6. The first-order valence-corrected chi connectivity index (χ1v) is 8.04. The molecule has 0 spiro atoms. The summed E-state index contributed by atoms with van der Waals surface area (Å²) in [5.74, 6) is -5.42. The molecule has 26 heavy (non-hydrogen) atoms. The molecule has 0 heterocycles. The largest absolute Gasteiger partial charge is 0.478 e. The number of amides is 1. The van der Waals surface area contributed by atoms with Crippen molar-refractivity contribution in [3.8, 4) is 0 Å². The lowest BCUT2D eigenvalue weighted by Crippen LogP contribution is -2.44. The van der Waals surface area contributed by atoms with Gasteiger partial charge in [0.2, 0.25) is 0 Å². The second-order valence-electron chi connectivity index (χ2n) is 7.12. The highest BCUT2D eigenvalue weighted by Gasteiger charge is 2.34. The number of carboxylic acid groups (broad SMARTS) is 1. The van der Waals surface area contributed by atoms with Gasteiger partial charge in [-0.1, -0.05) is 6.08 Å². The highest BCUT2D eigenvalue weighted by atomic mass is 19.2. The summed E-state index contributed by atoms with van der Waals surface area (Å²) in [5, 5.41) is 11.7. The van der Waals surface area contributed by atoms with Crippen LogP contribution in [0.3, 0.4) is 0 Å². The molecule has 1 aromatic carbocycles. The monoisotopic (exact) mass is 371 g/mol. The molecule has 2 N–H and O–H groups in total. The molecular weight excluding hydrogens is 351 g/mol. The van der Waals surface area contributed by atoms with Gasteiger partial charge in [-0.2, -0.15) is 0 Å². The van der Waals surface area contributed by atoms with Crippen LogP contribution in [0, 0.1) is 17.5 Å². The van der Waals surface area contributed by atoms with E-state index in [2.05, 4.69) is 5.32 Å². The number of alkyl carbamates (subject to hydrolysis) is 1. The first kappa shape index (κ1) is 19.8. The number of carboxylic acids is 1. The van der Waals surface area contributed by atoms with Crippen LogP contribution in [0.1, 0.15) is 45.1 Å². The number of aliphatic carboxylic acids is 1. The lowest BCUT2D eigenvalue weighted by molar-refractivity contribution is -0.133. The number of allylic oxidation sites excluding steroid dienone is 1. The van der Waals surface area contributed by atoms with E-state index in [1.807, 2.05) is 0 Å². The van der Waals surface area contributed by atoms with Crippen molar-refractivity contribution in [2.45, 2.75) is 51.2 Å². The van der Waals surface area contributed by atoms with Crippen molar-refractivity contribution in [1.29, 1.82) is 0 Å². The molecule has 0 aromatic heterocycles. The molecule has 0 saturated heterocycles. The number of hydrogen-bond acceptors (Lipinski definition) is 3. The first-order valence-electron chi connectivity index (χ1n) is 8.04. The summed E-state index contributed by atoms with van der Waals surface area (Å²) in [6, 6.07) is 0.324. The van der Waals surface area contributed by atoms with Crippen LogP contribution in [0.2, 0.25) is 0 Å². The number of nitrogens with one attached hydrogen (secondary N) is 1. The fourth-order valence-electron chi connectivity index (χ4n) is 2.85. The Labute approximate surface area is 148 Å². The molecule has 0 bridgehead atoms. The molecule has 0 radical (unpaired) electrons. The van der Waals surface area contributed by atoms with Gasteiger partial charge in [-0.3, -0.25) is 0 Å². The van der Waals surface area contributed by atoms with Crippen molar-refractivity contribution in [2.75, 3.05) is 0 Å². The Balaban J connectivity index is 2.34. The van der Waals surface area contributed by atoms with Crippen LogP contribution in [-0.2, 0) is 9.53 Å². The van der Waals surface area contributed by atoms with E-state index in [4.69, 9.17) is 4.74 Å². The molecule has 1 amide bonds. The summed E-state index contributed by atoms with van der Waals surface area (Å²) in [6.07, 6.45) is 0.532. The molecule has 1 aromatic rings. The zero-order valence-electron chi connectivity index (χ0n) is 14.6. The average molecular weight is 371 g/mol. The summed E-state index contributed by atoms with van der Waals surface area (Å²) in [5.41, 5.74) is -0.872. The first-order chi connectivity index (χ1) is 12.0. The second kappa shape index (κ2) is 7.39. The van der Waals surface area contributed by atoms with E-state index >= 15 is 0 Å². The number of carbonyl (C=O) groups is 2. The van der Waals surface area contributed by atoms with Crippen molar-refractivity contribution in [3.63, 3.8) is 0 Å². The molecule has 0 aliphatic heterocycles. The van der Waals surface area contributed by atoms with Crippen LogP contribution in [0.15, 0.2) is 23.8 Å². The Morgan fingerprint density at radius 1 is 1.15 bits per heavy atom. The van der Waals surface area contributed by atoms with Gasteiger partial charge >= 0.3 is 12.1 Å². The predicted molar refractivity (Wildman–Crippen MR) is 87.2 cm³/mol. The molecule has 0 unspecified atom stereocenters. The Hall–Kier alpha value is -2.51. The van der Waals surface area contributed by atoms with Gasteiger partial charge in [-0.05, 0) is 38.8 Å². The van der Waals surface area contributed by atoms with Gasteiger partial charge in [0, 0.05) is 30.0 Å². The normalized spacial score (nSPS) is 20.3. The fraction of sp³-hybridized carbons (Fsp3) is 0.444. The molecule has 1 aliphatic rings. The maximum Gasteiger partial charge on any atom is 0.407 e. The van der Waals surface area contributed by atoms with E-state index < -0.39 is 47.1 Å². The number of halogens is 3. The van der Waals surface area contributed by atoms with Crippen LogP contribution >= 0.6 is 0 Å². The molecule has 8 heteroatoms. The maximum absolute atomic E-state index is 14.2. The Morgan fingerprint density at radius 3 is 2.35 bits per heavy atom. The molecule has 2 rings (SSSR count). The third-order valence-corrected chi connectivity index (χ3v) is 3.96. The van der Waals surface area contributed by atoms with Crippen molar-refractivity contribution in [3.05, 3.63) is 46.8 Å². The Morgan fingerprint density at radius 2 is 1.77 bits per heavy atom. The molecular formula is C18H20F3NO4. The molecule has 5 nitrogen and oxygen atoms in total. The number of carbonyl (C=O) groups excluding carboxylic acids is 1. The fourth-order valence-corrected chi connectivity index (χ4v) is 2.85. The van der Waals surface area contributed by atoms with E-state index in [0.29, 0.717) is 6.07 Å².